The number of para-hydroxylation sites is 1. The maximum Gasteiger partial charge on any atom is 0.238 e. The summed E-state index contributed by atoms with van der Waals surface area (Å²) >= 11 is 0. The highest BCUT2D eigenvalue weighted by Gasteiger charge is 2.79. The summed E-state index contributed by atoms with van der Waals surface area (Å²) < 4.78 is 6.34. The monoisotopic (exact) mass is 322 g/mol. The number of carbonyl (C=O) groups excluding carboxylic acids is 1. The van der Waals surface area contributed by atoms with E-state index in [2.05, 4.69) is 42.1 Å². The van der Waals surface area contributed by atoms with Crippen molar-refractivity contribution in [2.24, 2.45) is 23.2 Å². The number of amides is 1. The third-order valence-corrected chi connectivity index (χ3v) is 7.93. The molecule has 124 valence electrons. The first-order valence-electron chi connectivity index (χ1n) is 9.01. The number of piperidine rings is 1. The highest BCUT2D eigenvalue weighted by Crippen LogP contribution is 2.73. The van der Waals surface area contributed by atoms with Gasteiger partial charge in [-0.1, -0.05) is 24.3 Å². The summed E-state index contributed by atoms with van der Waals surface area (Å²) in [5, 5.41) is 3.18. The van der Waals surface area contributed by atoms with E-state index in [-0.39, 0.29) is 23.3 Å². The molecule has 1 aromatic rings. The van der Waals surface area contributed by atoms with Crippen LogP contribution in [0.15, 0.2) is 36.9 Å². The molecule has 2 saturated heterocycles. The fourth-order valence-corrected chi connectivity index (χ4v) is 7.38. The van der Waals surface area contributed by atoms with Crippen molar-refractivity contribution in [1.29, 1.82) is 0 Å². The van der Waals surface area contributed by atoms with Gasteiger partial charge in [-0.25, -0.2) is 0 Å². The zero-order chi connectivity index (χ0) is 16.3. The molecule has 1 spiro atoms. The lowest BCUT2D eigenvalue weighted by Gasteiger charge is -2.54. The molecule has 0 aromatic heterocycles. The quantitative estimate of drug-likeness (QED) is 0.805. The molecule has 5 aliphatic rings. The number of hydrogen-bond acceptors (Lipinski definition) is 3. The van der Waals surface area contributed by atoms with Crippen LogP contribution in [0, 0.1) is 23.2 Å². The molecule has 0 unspecified atom stereocenters. The van der Waals surface area contributed by atoms with Gasteiger partial charge in [0.15, 0.2) is 0 Å². The average Bonchev–Trinajstić information content (AvgIpc) is 3.08. The van der Waals surface area contributed by atoms with Crippen molar-refractivity contribution < 1.29 is 9.53 Å². The molecule has 1 aromatic carbocycles. The van der Waals surface area contributed by atoms with Crippen molar-refractivity contribution >= 4 is 11.6 Å². The standard InChI is InChI=1S/C20H22N2O2/c1-3-19-10-22(2)16-11-9-24-15(8-13(11)19)20(17(16)19)12-6-4-5-7-14(12)21-18(20)23/h3-7,11,13,15-17H,1,8-10H2,2H3,(H,21,23)/t11-,13-,15-,16+,17-,19-,20+/m1/s1. The Bertz CT molecular complexity index is 792. The van der Waals surface area contributed by atoms with Gasteiger partial charge in [0.1, 0.15) is 5.41 Å². The minimum absolute atomic E-state index is 0.00280. The van der Waals surface area contributed by atoms with Crippen LogP contribution in [-0.2, 0) is 14.9 Å². The van der Waals surface area contributed by atoms with Gasteiger partial charge in [-0.15, -0.1) is 6.58 Å². The zero-order valence-corrected chi connectivity index (χ0v) is 13.9. The normalized spacial score (nSPS) is 50.4. The van der Waals surface area contributed by atoms with E-state index in [4.69, 9.17) is 4.74 Å². The Morgan fingerprint density at radius 2 is 2.25 bits per heavy atom. The van der Waals surface area contributed by atoms with E-state index in [9.17, 15) is 4.79 Å². The summed E-state index contributed by atoms with van der Waals surface area (Å²) in [7, 11) is 2.21. The van der Waals surface area contributed by atoms with Gasteiger partial charge in [-0.3, -0.25) is 4.79 Å². The molecule has 0 radical (unpaired) electrons. The first kappa shape index (κ1) is 13.6. The maximum absolute atomic E-state index is 13.4. The minimum atomic E-state index is -0.554. The molecule has 1 N–H and O–H groups in total. The predicted octanol–water partition coefficient (Wildman–Crippen LogP) is 2.03. The van der Waals surface area contributed by atoms with E-state index in [0.29, 0.717) is 17.9 Å². The van der Waals surface area contributed by atoms with Gasteiger partial charge < -0.3 is 15.0 Å². The number of likely N-dealkylation sites (tertiary alicyclic amines) is 1. The third-order valence-electron chi connectivity index (χ3n) is 7.93. The van der Waals surface area contributed by atoms with E-state index in [0.717, 1.165) is 30.8 Å². The molecule has 4 nitrogen and oxygen atoms in total. The lowest BCUT2D eigenvalue weighted by atomic mass is 9.51. The Hall–Kier alpha value is -1.65. The topological polar surface area (TPSA) is 41.6 Å². The lowest BCUT2D eigenvalue weighted by Crippen LogP contribution is -2.62. The van der Waals surface area contributed by atoms with Crippen molar-refractivity contribution in [1.82, 2.24) is 4.90 Å². The number of benzene rings is 1. The van der Waals surface area contributed by atoms with Crippen LogP contribution in [0.4, 0.5) is 5.69 Å². The number of nitrogens with zero attached hydrogens (tertiary/aromatic N) is 1. The Morgan fingerprint density at radius 1 is 1.42 bits per heavy atom. The second-order valence-corrected chi connectivity index (χ2v) is 8.40. The predicted molar refractivity (Wildman–Crippen MR) is 90.6 cm³/mol. The van der Waals surface area contributed by atoms with Crippen molar-refractivity contribution in [3.8, 4) is 0 Å². The molecule has 2 aliphatic carbocycles. The Labute approximate surface area is 141 Å². The van der Waals surface area contributed by atoms with Gasteiger partial charge in [0.25, 0.3) is 0 Å². The Morgan fingerprint density at radius 3 is 3.08 bits per heavy atom. The van der Waals surface area contributed by atoms with Gasteiger partial charge in [-0.2, -0.15) is 0 Å². The molecular weight excluding hydrogens is 300 g/mol. The fourth-order valence-electron chi connectivity index (χ4n) is 7.38. The molecule has 3 aliphatic heterocycles. The maximum atomic E-state index is 13.4. The first-order valence-corrected chi connectivity index (χ1v) is 9.01. The molecule has 2 saturated carbocycles. The number of rotatable bonds is 1. The van der Waals surface area contributed by atoms with Crippen LogP contribution >= 0.6 is 0 Å². The SMILES string of the molecule is C=C[C@@]12CN(C)[C@H]3[C@@H]4CO[C@H](C[C@H]41)[C@]1(C(=O)Nc4ccccc41)[C@H]32. The lowest BCUT2D eigenvalue weighted by molar-refractivity contribution is -0.153. The molecule has 5 bridgehead atoms. The van der Waals surface area contributed by atoms with Crippen LogP contribution in [0.5, 0.6) is 0 Å². The van der Waals surface area contributed by atoms with Crippen LogP contribution in [0.25, 0.3) is 0 Å². The van der Waals surface area contributed by atoms with Crippen molar-refractivity contribution in [2.45, 2.75) is 24.0 Å². The summed E-state index contributed by atoms with van der Waals surface area (Å²) in [6.07, 6.45) is 3.17. The van der Waals surface area contributed by atoms with Crippen LogP contribution < -0.4 is 5.32 Å². The minimum Gasteiger partial charge on any atom is -0.376 e. The highest BCUT2D eigenvalue weighted by molar-refractivity contribution is 6.07. The zero-order valence-electron chi connectivity index (χ0n) is 13.9. The summed E-state index contributed by atoms with van der Waals surface area (Å²) in [4.78, 5) is 15.9. The third kappa shape index (κ3) is 1.12. The van der Waals surface area contributed by atoms with Crippen LogP contribution in [0.2, 0.25) is 0 Å². The molecular formula is C20H22N2O2. The van der Waals surface area contributed by atoms with E-state index in [1.165, 1.54) is 0 Å². The number of nitrogens with one attached hydrogen (secondary N) is 1. The Balaban J connectivity index is 1.69. The van der Waals surface area contributed by atoms with Gasteiger partial charge in [0.2, 0.25) is 5.91 Å². The van der Waals surface area contributed by atoms with Crippen LogP contribution in [-0.4, -0.2) is 43.2 Å². The molecule has 3 heterocycles. The van der Waals surface area contributed by atoms with Gasteiger partial charge in [-0.05, 0) is 31.0 Å². The number of anilines is 1. The second-order valence-electron chi connectivity index (χ2n) is 8.40. The Kier molecular flexibility index (Phi) is 2.24. The van der Waals surface area contributed by atoms with E-state index >= 15 is 0 Å². The summed E-state index contributed by atoms with van der Waals surface area (Å²) in [6, 6.07) is 8.64. The first-order chi connectivity index (χ1) is 11.6. The second kappa shape index (κ2) is 3.94. The number of fused-ring (bicyclic) bond motifs is 5. The van der Waals surface area contributed by atoms with E-state index in [1.807, 2.05) is 12.1 Å². The molecule has 4 fully saturated rings. The van der Waals surface area contributed by atoms with Crippen molar-refractivity contribution in [3.63, 3.8) is 0 Å². The van der Waals surface area contributed by atoms with E-state index in [1.54, 1.807) is 0 Å². The molecule has 24 heavy (non-hydrogen) atoms. The fraction of sp³-hybridized carbons (Fsp3) is 0.550. The summed E-state index contributed by atoms with van der Waals surface area (Å²) in [5.74, 6) is 1.56. The number of ether oxygens (including phenoxy) is 1. The van der Waals surface area contributed by atoms with Crippen LogP contribution in [0.1, 0.15) is 12.0 Å². The van der Waals surface area contributed by atoms with E-state index < -0.39 is 5.41 Å². The average molecular weight is 322 g/mol. The largest absolute Gasteiger partial charge is 0.376 e. The smallest absolute Gasteiger partial charge is 0.238 e. The van der Waals surface area contributed by atoms with Gasteiger partial charge in [0, 0.05) is 35.5 Å². The van der Waals surface area contributed by atoms with Gasteiger partial charge in [0.05, 0.1) is 12.7 Å². The van der Waals surface area contributed by atoms with Crippen LogP contribution in [0.3, 0.4) is 0 Å². The number of hydrogen-bond donors (Lipinski definition) is 1. The molecule has 1 amide bonds. The summed E-state index contributed by atoms with van der Waals surface area (Å²) in [5.41, 5.74) is 1.61. The molecule has 4 heteroatoms. The van der Waals surface area contributed by atoms with Crippen molar-refractivity contribution in [3.05, 3.63) is 42.5 Å². The highest BCUT2D eigenvalue weighted by atomic mass is 16.5. The molecule has 7 atom stereocenters. The van der Waals surface area contributed by atoms with Gasteiger partial charge >= 0.3 is 0 Å². The molecule has 6 rings (SSSR count). The van der Waals surface area contributed by atoms with Crippen molar-refractivity contribution in [2.75, 3.05) is 25.5 Å². The summed E-state index contributed by atoms with van der Waals surface area (Å²) in [6.45, 7) is 6.06. The number of carbonyl (C=O) groups is 1.